The van der Waals surface area contributed by atoms with Crippen molar-refractivity contribution in [1.82, 2.24) is 9.62 Å². The number of nitrogens with one attached hydrogen (secondary N) is 1. The Morgan fingerprint density at radius 3 is 2.43 bits per heavy atom. The summed E-state index contributed by atoms with van der Waals surface area (Å²) in [6.07, 6.45) is 2.70. The Morgan fingerprint density at radius 2 is 1.73 bits per heavy atom. The van der Waals surface area contributed by atoms with Gasteiger partial charge in [-0.15, -0.1) is 0 Å². The minimum absolute atomic E-state index is 0.00921. The van der Waals surface area contributed by atoms with E-state index < -0.39 is 28.3 Å². The fourth-order valence-electron chi connectivity index (χ4n) is 5.06. The zero-order valence-corrected chi connectivity index (χ0v) is 21.5. The summed E-state index contributed by atoms with van der Waals surface area (Å²) in [5.74, 6) is 1.15. The molecule has 2 N–H and O–H groups in total. The van der Waals surface area contributed by atoms with Crippen molar-refractivity contribution in [3.05, 3.63) is 54.6 Å². The molecule has 0 unspecified atom stereocenters. The number of hydrogen-bond donors (Lipinski definition) is 2. The molecule has 2 aromatic carbocycles. The minimum atomic E-state index is -3.94. The second kappa shape index (κ2) is 11.5. The number of aliphatic hydroxyl groups excluding tert-OH is 1. The minimum Gasteiger partial charge on any atom is -0.457 e. The first kappa shape index (κ1) is 26.1. The molecule has 0 spiro atoms. The topological polar surface area (TPSA) is 114 Å². The maximum Gasteiger partial charge on any atom is 0.243 e. The molecule has 2 saturated heterocycles. The van der Waals surface area contributed by atoms with Crippen LogP contribution in [0.3, 0.4) is 0 Å². The molecule has 2 heterocycles. The third-order valence-corrected chi connectivity index (χ3v) is 9.13. The largest absolute Gasteiger partial charge is 0.457 e. The van der Waals surface area contributed by atoms with Crippen LogP contribution in [-0.4, -0.2) is 73.9 Å². The maximum absolute atomic E-state index is 13.8. The lowest BCUT2D eigenvalue weighted by Crippen LogP contribution is -2.57. The fraction of sp³-hybridized carbons (Fsp3) is 0.519. The monoisotopic (exact) mass is 530 g/mol. The molecule has 4 atom stereocenters. The third kappa shape index (κ3) is 6.32. The number of benzene rings is 2. The number of aliphatic hydroxyl groups is 1. The summed E-state index contributed by atoms with van der Waals surface area (Å²) in [7, 11) is -3.94. The van der Waals surface area contributed by atoms with Gasteiger partial charge >= 0.3 is 0 Å². The Hall–Kier alpha value is -2.50. The molecule has 0 bridgehead atoms. The summed E-state index contributed by atoms with van der Waals surface area (Å²) in [5, 5.41) is 13.5. The highest BCUT2D eigenvalue weighted by atomic mass is 32.2. The Balaban J connectivity index is 1.29. The van der Waals surface area contributed by atoms with Crippen LogP contribution in [0.4, 0.5) is 0 Å². The van der Waals surface area contributed by atoms with Crippen molar-refractivity contribution in [2.45, 2.75) is 73.8 Å². The fourth-order valence-corrected chi connectivity index (χ4v) is 6.77. The average Bonchev–Trinajstić information content (AvgIpc) is 2.85. The number of para-hydroxylation sites is 1. The van der Waals surface area contributed by atoms with E-state index in [0.717, 1.165) is 19.3 Å². The van der Waals surface area contributed by atoms with Crippen LogP contribution in [0.2, 0.25) is 0 Å². The Bertz CT molecular complexity index is 1160. The lowest BCUT2D eigenvalue weighted by Gasteiger charge is -2.43. The summed E-state index contributed by atoms with van der Waals surface area (Å²) in [4.78, 5) is 12.5. The van der Waals surface area contributed by atoms with Crippen molar-refractivity contribution >= 4 is 15.9 Å². The first-order chi connectivity index (χ1) is 17.9. The number of carbonyl (C=O) groups excluding carboxylic acids is 1. The number of hydrogen-bond acceptors (Lipinski definition) is 7. The van der Waals surface area contributed by atoms with Crippen molar-refractivity contribution in [1.29, 1.82) is 0 Å². The molecule has 3 aliphatic rings. The Morgan fingerprint density at radius 1 is 1.00 bits per heavy atom. The zero-order valence-electron chi connectivity index (χ0n) is 20.7. The number of carbonyl (C=O) groups is 1. The van der Waals surface area contributed by atoms with Crippen molar-refractivity contribution in [2.75, 3.05) is 19.8 Å². The molecule has 1 saturated carbocycles. The third-order valence-electron chi connectivity index (χ3n) is 7.23. The van der Waals surface area contributed by atoms with Gasteiger partial charge in [0.2, 0.25) is 15.9 Å². The summed E-state index contributed by atoms with van der Waals surface area (Å²) < 4.78 is 46.5. The summed E-state index contributed by atoms with van der Waals surface area (Å²) in [5.41, 5.74) is 0. The molecule has 2 aromatic rings. The van der Waals surface area contributed by atoms with Gasteiger partial charge in [0.1, 0.15) is 11.5 Å². The van der Waals surface area contributed by atoms with Crippen molar-refractivity contribution in [3.8, 4) is 11.5 Å². The van der Waals surface area contributed by atoms with E-state index in [1.54, 1.807) is 12.1 Å². The number of rotatable bonds is 7. The molecule has 1 amide bonds. The molecule has 5 rings (SSSR count). The number of ether oxygens (including phenoxy) is 3. The number of sulfonamides is 1. The van der Waals surface area contributed by atoms with Gasteiger partial charge in [-0.05, 0) is 68.5 Å². The summed E-state index contributed by atoms with van der Waals surface area (Å²) in [6, 6.07) is 15.3. The predicted octanol–water partition coefficient (Wildman–Crippen LogP) is 2.84. The second-order valence-corrected chi connectivity index (χ2v) is 11.9. The summed E-state index contributed by atoms with van der Waals surface area (Å²) in [6.45, 7) is 0.0651. The van der Waals surface area contributed by atoms with Crippen LogP contribution in [0.25, 0.3) is 0 Å². The molecule has 200 valence electrons. The first-order valence-electron chi connectivity index (χ1n) is 12.9. The zero-order chi connectivity index (χ0) is 25.8. The Kier molecular flexibility index (Phi) is 8.11. The van der Waals surface area contributed by atoms with Gasteiger partial charge in [0, 0.05) is 12.6 Å². The van der Waals surface area contributed by atoms with Gasteiger partial charge in [-0.3, -0.25) is 4.79 Å². The second-order valence-electron chi connectivity index (χ2n) is 9.99. The van der Waals surface area contributed by atoms with Crippen LogP contribution >= 0.6 is 0 Å². The van der Waals surface area contributed by atoms with Crippen LogP contribution in [0, 0.1) is 0 Å². The average molecular weight is 531 g/mol. The smallest absolute Gasteiger partial charge is 0.243 e. The number of fused-ring (bicyclic) bond motifs is 1. The lowest BCUT2D eigenvalue weighted by atomic mass is 9.92. The van der Waals surface area contributed by atoms with E-state index in [4.69, 9.17) is 14.2 Å². The van der Waals surface area contributed by atoms with Crippen LogP contribution in [0.15, 0.2) is 59.5 Å². The maximum atomic E-state index is 13.8. The van der Waals surface area contributed by atoms with E-state index in [9.17, 15) is 18.3 Å². The first-order valence-corrected chi connectivity index (χ1v) is 14.4. The molecule has 10 heteroatoms. The molecule has 2 aliphatic heterocycles. The van der Waals surface area contributed by atoms with Gasteiger partial charge in [0.15, 0.2) is 0 Å². The normalized spacial score (nSPS) is 27.3. The van der Waals surface area contributed by atoms with Crippen LogP contribution in [0.5, 0.6) is 11.5 Å². The number of amides is 1. The van der Waals surface area contributed by atoms with E-state index >= 15 is 0 Å². The van der Waals surface area contributed by atoms with Crippen LogP contribution in [-0.2, 0) is 24.3 Å². The molecule has 1 aliphatic carbocycles. The highest BCUT2D eigenvalue weighted by molar-refractivity contribution is 7.89. The van der Waals surface area contributed by atoms with Crippen molar-refractivity contribution in [3.63, 3.8) is 0 Å². The van der Waals surface area contributed by atoms with Gasteiger partial charge in [0.25, 0.3) is 0 Å². The molecular formula is C27H34N2O7S. The van der Waals surface area contributed by atoms with Crippen molar-refractivity contribution < 1.29 is 32.5 Å². The molecule has 37 heavy (non-hydrogen) atoms. The quantitative estimate of drug-likeness (QED) is 0.566. The van der Waals surface area contributed by atoms with E-state index in [0.29, 0.717) is 24.3 Å². The lowest BCUT2D eigenvalue weighted by molar-refractivity contribution is -0.147. The molecular weight excluding hydrogens is 496 g/mol. The van der Waals surface area contributed by atoms with Gasteiger partial charge in [-0.1, -0.05) is 18.2 Å². The molecule has 0 aromatic heterocycles. The van der Waals surface area contributed by atoms with Crippen LogP contribution < -0.4 is 10.1 Å². The summed E-state index contributed by atoms with van der Waals surface area (Å²) >= 11 is 0. The van der Waals surface area contributed by atoms with Gasteiger partial charge in [-0.25, -0.2) is 8.42 Å². The highest BCUT2D eigenvalue weighted by Crippen LogP contribution is 2.32. The van der Waals surface area contributed by atoms with Gasteiger partial charge in [0.05, 0.1) is 48.9 Å². The highest BCUT2D eigenvalue weighted by Gasteiger charge is 2.43. The number of β-amino-alcohol motifs (C(OH)–C–C–N with tert-alkyl or cyclic N) is 1. The van der Waals surface area contributed by atoms with Crippen LogP contribution in [0.1, 0.15) is 38.5 Å². The van der Waals surface area contributed by atoms with E-state index in [1.165, 1.54) is 16.4 Å². The SMILES string of the molecule is O=C(C[C@@H]1CC[C@@H]2[C@H](COC[C@H](O)CN2S(=O)(=O)c2ccc(Oc3ccccc3)cc2)O1)NC1CCC1. The van der Waals surface area contributed by atoms with E-state index in [2.05, 4.69) is 5.32 Å². The molecule has 3 fully saturated rings. The van der Waals surface area contributed by atoms with Crippen molar-refractivity contribution in [2.24, 2.45) is 0 Å². The Labute approximate surface area is 217 Å². The molecule has 0 radical (unpaired) electrons. The number of nitrogens with zero attached hydrogens (tertiary/aromatic N) is 1. The van der Waals surface area contributed by atoms with Gasteiger partial charge in [-0.2, -0.15) is 4.31 Å². The predicted molar refractivity (Wildman–Crippen MR) is 136 cm³/mol. The molecule has 9 nitrogen and oxygen atoms in total. The standard InChI is InChI=1S/C27H34N2O7S/c30-20-16-29(37(32,33)24-12-9-22(10-13-24)35-21-7-2-1-3-8-21)25-14-11-23(36-26(25)18-34-17-20)15-27(31)28-19-5-4-6-19/h1-3,7-10,12-13,19-20,23,25-26,30H,4-6,11,14-18H2,(H,28,31)/t20-,23+,25-,26+/m1/s1. The van der Waals surface area contributed by atoms with Gasteiger partial charge < -0.3 is 24.6 Å². The van der Waals surface area contributed by atoms with E-state index in [-0.39, 0.29) is 49.1 Å². The van der Waals surface area contributed by atoms with E-state index in [1.807, 2.05) is 30.3 Å².